The minimum absolute atomic E-state index is 0.149. The summed E-state index contributed by atoms with van der Waals surface area (Å²) in [6.07, 6.45) is 6.56. The predicted molar refractivity (Wildman–Crippen MR) is 90.4 cm³/mol. The summed E-state index contributed by atoms with van der Waals surface area (Å²) in [5.74, 6) is 1.02. The van der Waals surface area contributed by atoms with Gasteiger partial charge in [-0.05, 0) is 65.5 Å². The lowest BCUT2D eigenvalue weighted by molar-refractivity contribution is 0.0497. The van der Waals surface area contributed by atoms with Gasteiger partial charge in [-0.3, -0.25) is 0 Å². The Labute approximate surface area is 139 Å². The molecule has 0 bridgehead atoms. The van der Waals surface area contributed by atoms with Crippen LogP contribution < -0.4 is 10.6 Å². The van der Waals surface area contributed by atoms with Crippen molar-refractivity contribution in [1.29, 1.82) is 0 Å². The molecular weight excluding hydrogens is 292 g/mol. The van der Waals surface area contributed by atoms with Gasteiger partial charge in [0.05, 0.1) is 6.26 Å². The zero-order chi connectivity index (χ0) is 16.9. The largest absolute Gasteiger partial charge is 0.469 e. The quantitative estimate of drug-likeness (QED) is 0.839. The number of hydrogen-bond donors (Lipinski definition) is 2. The molecule has 2 rings (SSSR count). The normalized spacial score (nSPS) is 22.8. The number of amides is 1. The molecule has 3 unspecified atom stereocenters. The molecule has 1 aromatic heterocycles. The molecule has 2 N–H and O–H groups in total. The summed E-state index contributed by atoms with van der Waals surface area (Å²) >= 11 is 0. The van der Waals surface area contributed by atoms with Crippen LogP contribution in [0.3, 0.4) is 0 Å². The Morgan fingerprint density at radius 1 is 1.39 bits per heavy atom. The standard InChI is InChI=1S/C18H30N2O3/c1-13(10-11-14-7-6-12-22-14)19-15-8-5-9-16(15)20-17(21)23-18(2,3)4/h6-7,12-13,15-16,19H,5,8-11H2,1-4H3,(H,20,21). The first-order chi connectivity index (χ1) is 10.8. The van der Waals surface area contributed by atoms with Crippen molar-refractivity contribution < 1.29 is 13.9 Å². The van der Waals surface area contributed by atoms with Crippen LogP contribution in [0, 0.1) is 0 Å². The van der Waals surface area contributed by atoms with E-state index in [2.05, 4.69) is 17.6 Å². The van der Waals surface area contributed by atoms with Crippen LogP contribution in [0.5, 0.6) is 0 Å². The number of alkyl carbamates (subject to hydrolysis) is 1. The number of rotatable bonds is 6. The second-order valence-electron chi connectivity index (χ2n) is 7.48. The molecule has 3 atom stereocenters. The molecule has 1 aliphatic rings. The van der Waals surface area contributed by atoms with Gasteiger partial charge in [0, 0.05) is 24.5 Å². The molecule has 0 saturated heterocycles. The van der Waals surface area contributed by atoms with Crippen LogP contribution in [0.25, 0.3) is 0 Å². The van der Waals surface area contributed by atoms with Crippen molar-refractivity contribution in [2.45, 2.75) is 83.5 Å². The molecule has 0 aliphatic heterocycles. The van der Waals surface area contributed by atoms with E-state index in [0.29, 0.717) is 12.1 Å². The molecule has 1 fully saturated rings. The van der Waals surface area contributed by atoms with Crippen LogP contribution in [0.2, 0.25) is 0 Å². The summed E-state index contributed by atoms with van der Waals surface area (Å²) in [5.41, 5.74) is -0.456. The molecule has 0 aromatic carbocycles. The van der Waals surface area contributed by atoms with E-state index in [9.17, 15) is 4.79 Å². The monoisotopic (exact) mass is 322 g/mol. The summed E-state index contributed by atoms with van der Waals surface area (Å²) in [6.45, 7) is 7.83. The van der Waals surface area contributed by atoms with Crippen molar-refractivity contribution in [2.24, 2.45) is 0 Å². The van der Waals surface area contributed by atoms with Gasteiger partial charge in [0.25, 0.3) is 0 Å². The molecule has 5 heteroatoms. The summed E-state index contributed by atoms with van der Waals surface area (Å²) in [7, 11) is 0. The summed E-state index contributed by atoms with van der Waals surface area (Å²) < 4.78 is 10.7. The number of furan rings is 1. The van der Waals surface area contributed by atoms with Gasteiger partial charge in [0.15, 0.2) is 0 Å². The number of aryl methyl sites for hydroxylation is 1. The van der Waals surface area contributed by atoms with Gasteiger partial charge in [-0.2, -0.15) is 0 Å². The summed E-state index contributed by atoms with van der Waals surface area (Å²) in [6, 6.07) is 4.77. The minimum Gasteiger partial charge on any atom is -0.469 e. The number of carbonyl (C=O) groups is 1. The van der Waals surface area contributed by atoms with Crippen LogP contribution in [-0.2, 0) is 11.2 Å². The Balaban J connectivity index is 1.75. The zero-order valence-corrected chi connectivity index (χ0v) is 14.7. The van der Waals surface area contributed by atoms with E-state index in [1.165, 1.54) is 0 Å². The van der Waals surface area contributed by atoms with Gasteiger partial charge in [0.2, 0.25) is 0 Å². The smallest absolute Gasteiger partial charge is 0.407 e. The number of ether oxygens (including phenoxy) is 1. The van der Waals surface area contributed by atoms with Crippen molar-refractivity contribution in [3.05, 3.63) is 24.2 Å². The highest BCUT2D eigenvalue weighted by Crippen LogP contribution is 2.21. The van der Waals surface area contributed by atoms with E-state index in [0.717, 1.165) is 37.9 Å². The molecule has 1 aromatic rings. The molecule has 1 aliphatic carbocycles. The molecule has 5 nitrogen and oxygen atoms in total. The van der Waals surface area contributed by atoms with Crippen LogP contribution in [-0.4, -0.2) is 29.8 Å². The fourth-order valence-electron chi connectivity index (χ4n) is 3.05. The maximum Gasteiger partial charge on any atom is 0.407 e. The number of nitrogens with one attached hydrogen (secondary N) is 2. The summed E-state index contributed by atoms with van der Waals surface area (Å²) in [5, 5.41) is 6.67. The van der Waals surface area contributed by atoms with Crippen molar-refractivity contribution >= 4 is 6.09 Å². The van der Waals surface area contributed by atoms with E-state index in [1.54, 1.807) is 6.26 Å². The van der Waals surface area contributed by atoms with E-state index >= 15 is 0 Å². The highest BCUT2D eigenvalue weighted by atomic mass is 16.6. The van der Waals surface area contributed by atoms with E-state index in [1.807, 2.05) is 32.9 Å². The Bertz CT molecular complexity index is 479. The fourth-order valence-corrected chi connectivity index (χ4v) is 3.05. The number of hydrogen-bond acceptors (Lipinski definition) is 4. The second-order valence-corrected chi connectivity index (χ2v) is 7.48. The highest BCUT2D eigenvalue weighted by Gasteiger charge is 2.30. The third-order valence-corrected chi connectivity index (χ3v) is 4.12. The Morgan fingerprint density at radius 2 is 2.13 bits per heavy atom. The van der Waals surface area contributed by atoms with E-state index in [-0.39, 0.29) is 12.1 Å². The topological polar surface area (TPSA) is 63.5 Å². The van der Waals surface area contributed by atoms with Gasteiger partial charge in [-0.25, -0.2) is 4.79 Å². The lowest BCUT2D eigenvalue weighted by Crippen LogP contribution is -2.50. The molecule has 1 heterocycles. The predicted octanol–water partition coefficient (Wildman–Crippen LogP) is 3.64. The Hall–Kier alpha value is -1.49. The van der Waals surface area contributed by atoms with Gasteiger partial charge in [-0.15, -0.1) is 0 Å². The van der Waals surface area contributed by atoms with Crippen molar-refractivity contribution in [3.8, 4) is 0 Å². The molecular formula is C18H30N2O3. The van der Waals surface area contributed by atoms with Crippen molar-refractivity contribution in [2.75, 3.05) is 0 Å². The fraction of sp³-hybridized carbons (Fsp3) is 0.722. The molecule has 1 saturated carbocycles. The third-order valence-electron chi connectivity index (χ3n) is 4.12. The molecule has 23 heavy (non-hydrogen) atoms. The van der Waals surface area contributed by atoms with E-state index < -0.39 is 5.60 Å². The molecule has 0 spiro atoms. The van der Waals surface area contributed by atoms with Crippen molar-refractivity contribution in [3.63, 3.8) is 0 Å². The van der Waals surface area contributed by atoms with Gasteiger partial charge < -0.3 is 19.8 Å². The first-order valence-electron chi connectivity index (χ1n) is 8.61. The van der Waals surface area contributed by atoms with Crippen molar-refractivity contribution in [1.82, 2.24) is 10.6 Å². The highest BCUT2D eigenvalue weighted by molar-refractivity contribution is 5.68. The summed E-state index contributed by atoms with van der Waals surface area (Å²) in [4.78, 5) is 12.0. The van der Waals surface area contributed by atoms with Crippen LogP contribution in [0.4, 0.5) is 4.79 Å². The average Bonchev–Trinajstić information content (AvgIpc) is 3.07. The molecule has 130 valence electrons. The van der Waals surface area contributed by atoms with Gasteiger partial charge in [-0.1, -0.05) is 0 Å². The lowest BCUT2D eigenvalue weighted by atomic mass is 10.1. The molecule has 1 amide bonds. The van der Waals surface area contributed by atoms with Crippen LogP contribution in [0.15, 0.2) is 22.8 Å². The first-order valence-corrected chi connectivity index (χ1v) is 8.61. The SMILES string of the molecule is CC(CCc1ccco1)NC1CCCC1NC(=O)OC(C)(C)C. The van der Waals surface area contributed by atoms with E-state index in [4.69, 9.17) is 9.15 Å². The first kappa shape index (κ1) is 17.9. The third kappa shape index (κ3) is 6.26. The maximum absolute atomic E-state index is 12.0. The van der Waals surface area contributed by atoms with Gasteiger partial charge >= 0.3 is 6.09 Å². The Kier molecular flexibility index (Phi) is 6.10. The molecule has 0 radical (unpaired) electrons. The lowest BCUT2D eigenvalue weighted by Gasteiger charge is -2.27. The maximum atomic E-state index is 12.0. The number of carbonyl (C=O) groups excluding carboxylic acids is 1. The van der Waals surface area contributed by atoms with Crippen LogP contribution >= 0.6 is 0 Å². The average molecular weight is 322 g/mol. The van der Waals surface area contributed by atoms with Gasteiger partial charge in [0.1, 0.15) is 11.4 Å². The zero-order valence-electron chi connectivity index (χ0n) is 14.7. The minimum atomic E-state index is -0.456. The van der Waals surface area contributed by atoms with Crippen LogP contribution in [0.1, 0.15) is 59.1 Å². The second kappa shape index (κ2) is 7.86. The Morgan fingerprint density at radius 3 is 2.78 bits per heavy atom.